The minimum absolute atomic E-state index is 0.0934. The first-order valence-electron chi connectivity index (χ1n) is 14.7. The third kappa shape index (κ3) is 5.45. The second-order valence-electron chi connectivity index (χ2n) is 11.0. The van der Waals surface area contributed by atoms with Gasteiger partial charge < -0.3 is 15.6 Å². The number of carboxylic acid groups (broad SMARTS) is 1. The summed E-state index contributed by atoms with van der Waals surface area (Å²) in [6.45, 7) is -0.0934. The van der Waals surface area contributed by atoms with Crippen molar-refractivity contribution in [3.8, 4) is 11.1 Å². The SMILES string of the molecule is NC(=O)CC(C(=O)O)N(C(=O)OCc1cccc2c1Cc1ccccc1-2)C(c1ccccc1)(c1ccccc1)c1ccccc1. The Kier molecular flexibility index (Phi) is 8.16. The Morgan fingerprint density at radius 3 is 1.76 bits per heavy atom. The molecule has 0 heterocycles. The van der Waals surface area contributed by atoms with Gasteiger partial charge in [0.05, 0.1) is 6.42 Å². The predicted octanol–water partition coefficient (Wildman–Crippen LogP) is 6.52. The van der Waals surface area contributed by atoms with Gasteiger partial charge in [0.1, 0.15) is 18.2 Å². The Hall–Kier alpha value is -5.69. The van der Waals surface area contributed by atoms with Gasteiger partial charge in [-0.25, -0.2) is 9.59 Å². The second kappa shape index (κ2) is 12.5. The molecule has 5 aromatic carbocycles. The first-order valence-corrected chi connectivity index (χ1v) is 14.7. The fourth-order valence-electron chi connectivity index (χ4n) is 6.50. The third-order valence-corrected chi connectivity index (χ3v) is 8.42. The summed E-state index contributed by atoms with van der Waals surface area (Å²) in [5.41, 5.74) is 11.3. The van der Waals surface area contributed by atoms with Gasteiger partial charge >= 0.3 is 12.1 Å². The van der Waals surface area contributed by atoms with E-state index < -0.39 is 36.0 Å². The van der Waals surface area contributed by atoms with Crippen LogP contribution in [0.5, 0.6) is 0 Å². The number of carbonyl (C=O) groups is 3. The highest BCUT2D eigenvalue weighted by Crippen LogP contribution is 2.45. The summed E-state index contributed by atoms with van der Waals surface area (Å²) in [4.78, 5) is 41.2. The van der Waals surface area contributed by atoms with Gasteiger partial charge in [-0.2, -0.15) is 0 Å². The van der Waals surface area contributed by atoms with Crippen LogP contribution in [0.3, 0.4) is 0 Å². The van der Waals surface area contributed by atoms with Gasteiger partial charge in [0.2, 0.25) is 5.91 Å². The molecule has 0 bridgehead atoms. The first kappa shape index (κ1) is 29.4. The average molecular weight is 597 g/mol. The number of hydrogen-bond donors (Lipinski definition) is 2. The Bertz CT molecular complexity index is 1740. The molecule has 7 heteroatoms. The molecule has 1 aliphatic rings. The average Bonchev–Trinajstić information content (AvgIpc) is 3.46. The van der Waals surface area contributed by atoms with Gasteiger partial charge in [-0.1, -0.05) is 133 Å². The van der Waals surface area contributed by atoms with Crippen LogP contribution in [0, 0.1) is 0 Å². The summed E-state index contributed by atoms with van der Waals surface area (Å²) >= 11 is 0. The number of primary amides is 1. The molecule has 45 heavy (non-hydrogen) atoms. The summed E-state index contributed by atoms with van der Waals surface area (Å²) in [5, 5.41) is 10.6. The highest BCUT2D eigenvalue weighted by molar-refractivity contribution is 5.88. The first-order chi connectivity index (χ1) is 21.9. The molecular weight excluding hydrogens is 564 g/mol. The van der Waals surface area contributed by atoms with E-state index in [1.54, 1.807) is 0 Å². The van der Waals surface area contributed by atoms with E-state index in [0.29, 0.717) is 23.1 Å². The smallest absolute Gasteiger partial charge is 0.412 e. The van der Waals surface area contributed by atoms with Gasteiger partial charge in [0.15, 0.2) is 0 Å². The van der Waals surface area contributed by atoms with Crippen molar-refractivity contribution < 1.29 is 24.2 Å². The number of aliphatic carboxylic acids is 1. The van der Waals surface area contributed by atoms with E-state index in [4.69, 9.17) is 10.5 Å². The molecule has 1 unspecified atom stereocenters. The van der Waals surface area contributed by atoms with Crippen molar-refractivity contribution in [1.29, 1.82) is 0 Å². The third-order valence-electron chi connectivity index (χ3n) is 8.42. The number of benzene rings is 5. The van der Waals surface area contributed by atoms with Gasteiger partial charge in [0, 0.05) is 0 Å². The number of amides is 2. The standard InChI is InChI=1S/C38H32N2O5/c39-35(41)24-34(36(42)43)40(37(44)45-25-27-14-12-22-32-31-21-11-10-13-26(31)23-33(27)32)38(28-15-4-1-5-16-28,29-17-6-2-7-18-29)30-19-8-3-9-20-30/h1-22,34H,23-25H2,(H2,39,41)(H,42,43). The normalized spacial score (nSPS) is 12.4. The Morgan fingerprint density at radius 1 is 0.711 bits per heavy atom. The molecule has 0 saturated heterocycles. The van der Waals surface area contributed by atoms with Crippen LogP contribution in [0.1, 0.15) is 39.8 Å². The summed E-state index contributed by atoms with van der Waals surface area (Å²) < 4.78 is 6.07. The van der Waals surface area contributed by atoms with E-state index in [-0.39, 0.29) is 6.61 Å². The van der Waals surface area contributed by atoms with Crippen LogP contribution in [-0.2, 0) is 32.9 Å². The van der Waals surface area contributed by atoms with Crippen LogP contribution in [0.15, 0.2) is 133 Å². The molecule has 7 nitrogen and oxygen atoms in total. The van der Waals surface area contributed by atoms with Crippen molar-refractivity contribution in [1.82, 2.24) is 4.90 Å². The molecule has 0 spiro atoms. The zero-order chi connectivity index (χ0) is 31.4. The topological polar surface area (TPSA) is 110 Å². The minimum Gasteiger partial charge on any atom is -0.480 e. The molecule has 3 N–H and O–H groups in total. The van der Waals surface area contributed by atoms with E-state index in [1.807, 2.05) is 115 Å². The number of hydrogen-bond acceptors (Lipinski definition) is 4. The highest BCUT2D eigenvalue weighted by Gasteiger charge is 2.51. The van der Waals surface area contributed by atoms with Crippen molar-refractivity contribution >= 4 is 18.0 Å². The number of nitrogens with two attached hydrogens (primary N) is 1. The van der Waals surface area contributed by atoms with E-state index in [2.05, 4.69) is 18.2 Å². The largest absolute Gasteiger partial charge is 0.480 e. The second-order valence-corrected chi connectivity index (χ2v) is 11.0. The Labute approximate surface area is 261 Å². The van der Waals surface area contributed by atoms with Gasteiger partial charge in [-0.3, -0.25) is 9.69 Å². The molecule has 1 aliphatic carbocycles. The lowest BCUT2D eigenvalue weighted by molar-refractivity contribution is -0.146. The van der Waals surface area contributed by atoms with Crippen molar-refractivity contribution in [2.75, 3.05) is 0 Å². The fourth-order valence-corrected chi connectivity index (χ4v) is 6.50. The number of rotatable bonds is 10. The van der Waals surface area contributed by atoms with Crippen LogP contribution in [0.25, 0.3) is 11.1 Å². The van der Waals surface area contributed by atoms with Crippen molar-refractivity contribution in [3.63, 3.8) is 0 Å². The van der Waals surface area contributed by atoms with Crippen LogP contribution in [0.4, 0.5) is 4.79 Å². The van der Waals surface area contributed by atoms with Crippen molar-refractivity contribution in [2.24, 2.45) is 5.73 Å². The van der Waals surface area contributed by atoms with E-state index in [1.165, 1.54) is 10.5 Å². The molecule has 224 valence electrons. The summed E-state index contributed by atoms with van der Waals surface area (Å²) in [5.74, 6) is -2.24. The molecule has 2 amide bonds. The number of nitrogens with zero attached hydrogens (tertiary/aromatic N) is 1. The maximum absolute atomic E-state index is 14.6. The zero-order valence-electron chi connectivity index (χ0n) is 24.5. The molecule has 0 aromatic heterocycles. The Morgan fingerprint density at radius 2 is 1.22 bits per heavy atom. The Balaban J connectivity index is 1.51. The molecule has 0 aliphatic heterocycles. The van der Waals surface area contributed by atoms with Crippen molar-refractivity contribution in [2.45, 2.75) is 31.0 Å². The summed E-state index contributed by atoms with van der Waals surface area (Å²) in [6.07, 6.45) is -0.813. The maximum atomic E-state index is 14.6. The zero-order valence-corrected chi connectivity index (χ0v) is 24.5. The van der Waals surface area contributed by atoms with Crippen molar-refractivity contribution in [3.05, 3.63) is 167 Å². The van der Waals surface area contributed by atoms with E-state index in [9.17, 15) is 19.5 Å². The van der Waals surface area contributed by atoms with E-state index >= 15 is 0 Å². The van der Waals surface area contributed by atoms with Crippen LogP contribution in [0.2, 0.25) is 0 Å². The van der Waals surface area contributed by atoms with Crippen LogP contribution < -0.4 is 5.73 Å². The monoisotopic (exact) mass is 596 g/mol. The van der Waals surface area contributed by atoms with Gasteiger partial charge in [-0.05, 0) is 50.9 Å². The molecule has 5 aromatic rings. The molecule has 6 rings (SSSR count). The van der Waals surface area contributed by atoms with E-state index in [0.717, 1.165) is 22.3 Å². The predicted molar refractivity (Wildman–Crippen MR) is 171 cm³/mol. The minimum atomic E-state index is -1.65. The fraction of sp³-hybridized carbons (Fsp3) is 0.132. The van der Waals surface area contributed by atoms with Crippen LogP contribution >= 0.6 is 0 Å². The molecule has 0 saturated carbocycles. The lowest BCUT2D eigenvalue weighted by atomic mass is 9.74. The number of fused-ring (bicyclic) bond motifs is 3. The lowest BCUT2D eigenvalue weighted by Gasteiger charge is -2.47. The molecule has 0 radical (unpaired) electrons. The maximum Gasteiger partial charge on any atom is 0.412 e. The number of carboxylic acids is 1. The molecule has 1 atom stereocenters. The summed E-state index contributed by atoms with van der Waals surface area (Å²) in [6, 6.07) is 39.9. The quantitative estimate of drug-likeness (QED) is 0.175. The van der Waals surface area contributed by atoms with Gasteiger partial charge in [-0.15, -0.1) is 0 Å². The summed E-state index contributed by atoms with van der Waals surface area (Å²) in [7, 11) is 0. The number of ether oxygens (including phenoxy) is 1. The number of carbonyl (C=O) groups excluding carboxylic acids is 2. The lowest BCUT2D eigenvalue weighted by Crippen LogP contribution is -2.59. The molecule has 0 fully saturated rings. The van der Waals surface area contributed by atoms with Gasteiger partial charge in [0.25, 0.3) is 0 Å². The molecular formula is C38H32N2O5. The van der Waals surface area contributed by atoms with Crippen LogP contribution in [-0.4, -0.2) is 34.0 Å². The highest BCUT2D eigenvalue weighted by atomic mass is 16.6.